The number of aromatic hydroxyl groups is 1. The maximum Gasteiger partial charge on any atom is 0.346 e. The number of nitrogens with zero attached hydrogens (tertiary/aromatic N) is 1. The number of aliphatic carboxylic acids is 1. The van der Waals surface area contributed by atoms with Crippen LogP contribution >= 0.6 is 11.8 Å². The number of hydrogen-bond donors (Lipinski definition) is 3. The fourth-order valence-electron chi connectivity index (χ4n) is 2.12. The topological polar surface area (TPSA) is 81.9 Å². The highest BCUT2D eigenvalue weighted by molar-refractivity contribution is 8.16. The molecule has 1 heterocycles. The lowest BCUT2D eigenvalue weighted by Gasteiger charge is -2.24. The summed E-state index contributed by atoms with van der Waals surface area (Å²) < 4.78 is 0. The molecule has 21 heavy (non-hydrogen) atoms. The van der Waals surface area contributed by atoms with Gasteiger partial charge in [0, 0.05) is 11.1 Å². The third-order valence-corrected chi connectivity index (χ3v) is 4.48. The van der Waals surface area contributed by atoms with Crippen molar-refractivity contribution >= 4 is 22.8 Å². The zero-order valence-electron chi connectivity index (χ0n) is 10.9. The van der Waals surface area contributed by atoms with Crippen LogP contribution in [0.15, 0.2) is 59.7 Å². The molecule has 0 fully saturated rings. The van der Waals surface area contributed by atoms with Gasteiger partial charge in [0.2, 0.25) is 4.87 Å². The van der Waals surface area contributed by atoms with Crippen molar-refractivity contribution in [1.29, 1.82) is 0 Å². The van der Waals surface area contributed by atoms with Crippen molar-refractivity contribution in [3.63, 3.8) is 0 Å². The van der Waals surface area contributed by atoms with E-state index in [4.69, 9.17) is 0 Å². The molecule has 0 saturated heterocycles. The van der Waals surface area contributed by atoms with E-state index in [0.717, 1.165) is 17.3 Å². The number of rotatable bonds is 3. The highest BCUT2D eigenvalue weighted by atomic mass is 32.2. The molecule has 6 heteroatoms. The molecule has 0 spiro atoms. The predicted molar refractivity (Wildman–Crippen MR) is 81.1 cm³/mol. The van der Waals surface area contributed by atoms with Crippen LogP contribution in [-0.2, 0) is 9.67 Å². The van der Waals surface area contributed by atoms with Gasteiger partial charge in [0.25, 0.3) is 0 Å². The second-order valence-corrected chi connectivity index (χ2v) is 5.70. The van der Waals surface area contributed by atoms with Gasteiger partial charge in [-0.1, -0.05) is 60.3 Å². The lowest BCUT2D eigenvalue weighted by Crippen LogP contribution is -2.41. The molecule has 1 aliphatic heterocycles. The first-order valence-corrected chi connectivity index (χ1v) is 7.06. The second kappa shape index (κ2) is 5.14. The van der Waals surface area contributed by atoms with Gasteiger partial charge in [-0.3, -0.25) is 5.43 Å². The molecule has 2 aromatic rings. The van der Waals surface area contributed by atoms with Crippen molar-refractivity contribution in [2.45, 2.75) is 4.87 Å². The number of phenols is 1. The van der Waals surface area contributed by atoms with Crippen LogP contribution in [0.3, 0.4) is 0 Å². The predicted octanol–water partition coefficient (Wildman–Crippen LogP) is 2.33. The largest absolute Gasteiger partial charge is 0.508 e. The molecule has 0 aliphatic carbocycles. The van der Waals surface area contributed by atoms with Crippen molar-refractivity contribution < 1.29 is 15.0 Å². The Morgan fingerprint density at radius 3 is 2.43 bits per heavy atom. The van der Waals surface area contributed by atoms with E-state index >= 15 is 0 Å². The Morgan fingerprint density at radius 1 is 1.10 bits per heavy atom. The number of phenolic OH excluding ortho intramolecular Hbond substituents is 1. The summed E-state index contributed by atoms with van der Waals surface area (Å²) in [5, 5.41) is 24.3. The van der Waals surface area contributed by atoms with Gasteiger partial charge in [-0.15, -0.1) is 0 Å². The number of para-hydroxylation sites is 1. The summed E-state index contributed by atoms with van der Waals surface area (Å²) in [6, 6.07) is 15.7. The minimum Gasteiger partial charge on any atom is -0.508 e. The standard InChI is InChI=1S/C15H12N2O3S/c18-12-9-5-4-8-11(12)15(14(19)20)17-16-13(21-15)10-6-2-1-3-7-10/h1-9,17-18H,(H,19,20). The van der Waals surface area contributed by atoms with Gasteiger partial charge in [0.15, 0.2) is 0 Å². The van der Waals surface area contributed by atoms with Gasteiger partial charge in [0.1, 0.15) is 10.8 Å². The summed E-state index contributed by atoms with van der Waals surface area (Å²) in [7, 11) is 0. The van der Waals surface area contributed by atoms with Crippen LogP contribution in [-0.4, -0.2) is 21.2 Å². The Bertz CT molecular complexity index is 718. The second-order valence-electron chi connectivity index (χ2n) is 4.50. The molecule has 3 N–H and O–H groups in total. The smallest absolute Gasteiger partial charge is 0.346 e. The maximum absolute atomic E-state index is 11.8. The van der Waals surface area contributed by atoms with Crippen LogP contribution in [0.25, 0.3) is 0 Å². The average Bonchev–Trinajstić information content (AvgIpc) is 2.95. The summed E-state index contributed by atoms with van der Waals surface area (Å²) >= 11 is 1.07. The van der Waals surface area contributed by atoms with Crippen molar-refractivity contribution in [1.82, 2.24) is 5.43 Å². The van der Waals surface area contributed by atoms with Crippen LogP contribution in [0.2, 0.25) is 0 Å². The minimum absolute atomic E-state index is 0.0792. The Hall–Kier alpha value is -2.47. The van der Waals surface area contributed by atoms with Gasteiger partial charge in [-0.2, -0.15) is 5.10 Å². The lowest BCUT2D eigenvalue weighted by molar-refractivity contribution is -0.141. The fraction of sp³-hybridized carbons (Fsp3) is 0.0667. The van der Waals surface area contributed by atoms with Gasteiger partial charge in [0.05, 0.1) is 0 Å². The molecule has 0 saturated carbocycles. The molecule has 0 bridgehead atoms. The van der Waals surface area contributed by atoms with E-state index in [1.165, 1.54) is 6.07 Å². The number of carboxylic acid groups (broad SMARTS) is 1. The van der Waals surface area contributed by atoms with Crippen LogP contribution < -0.4 is 5.43 Å². The molecule has 1 aliphatic rings. The quantitative estimate of drug-likeness (QED) is 0.810. The summed E-state index contributed by atoms with van der Waals surface area (Å²) in [5.41, 5.74) is 3.77. The molecular formula is C15H12N2O3S. The molecular weight excluding hydrogens is 288 g/mol. The Morgan fingerprint density at radius 2 is 1.76 bits per heavy atom. The molecule has 0 amide bonds. The first-order valence-electron chi connectivity index (χ1n) is 6.24. The number of hydrogen-bond acceptors (Lipinski definition) is 5. The third kappa shape index (κ3) is 2.23. The molecule has 0 radical (unpaired) electrons. The lowest BCUT2D eigenvalue weighted by atomic mass is 10.1. The Kier molecular flexibility index (Phi) is 3.31. The molecule has 5 nitrogen and oxygen atoms in total. The summed E-state index contributed by atoms with van der Waals surface area (Å²) in [5.74, 6) is -1.19. The van der Waals surface area contributed by atoms with Gasteiger partial charge < -0.3 is 10.2 Å². The highest BCUT2D eigenvalue weighted by Gasteiger charge is 2.48. The normalized spacial score (nSPS) is 20.7. The third-order valence-electron chi connectivity index (χ3n) is 3.17. The van der Waals surface area contributed by atoms with Crippen LogP contribution in [0.4, 0.5) is 0 Å². The highest BCUT2D eigenvalue weighted by Crippen LogP contribution is 2.43. The number of hydrazone groups is 1. The zero-order chi connectivity index (χ0) is 14.9. The number of thioether (sulfide) groups is 1. The number of carboxylic acids is 1. The van der Waals surface area contributed by atoms with E-state index in [9.17, 15) is 15.0 Å². The van der Waals surface area contributed by atoms with Crippen molar-refractivity contribution in [2.24, 2.45) is 5.10 Å². The molecule has 1 atom stereocenters. The average molecular weight is 300 g/mol. The van der Waals surface area contributed by atoms with Crippen molar-refractivity contribution in [3.8, 4) is 5.75 Å². The minimum atomic E-state index is -1.52. The Labute approximate surface area is 125 Å². The summed E-state index contributed by atoms with van der Waals surface area (Å²) in [4.78, 5) is 10.3. The number of carbonyl (C=O) groups is 1. The van der Waals surface area contributed by atoms with Gasteiger partial charge in [-0.25, -0.2) is 4.79 Å². The van der Waals surface area contributed by atoms with Crippen LogP contribution in [0, 0.1) is 0 Å². The van der Waals surface area contributed by atoms with Crippen LogP contribution in [0.5, 0.6) is 5.75 Å². The zero-order valence-corrected chi connectivity index (χ0v) is 11.7. The van der Waals surface area contributed by atoms with E-state index in [1.54, 1.807) is 18.2 Å². The van der Waals surface area contributed by atoms with E-state index in [2.05, 4.69) is 10.5 Å². The summed E-state index contributed by atoms with van der Waals surface area (Å²) in [6.07, 6.45) is 0. The molecule has 106 valence electrons. The Balaban J connectivity index is 2.01. The number of nitrogens with one attached hydrogen (secondary N) is 1. The van der Waals surface area contributed by atoms with Crippen molar-refractivity contribution in [2.75, 3.05) is 0 Å². The van der Waals surface area contributed by atoms with E-state index in [1.807, 2.05) is 30.3 Å². The molecule has 0 aromatic heterocycles. The first-order chi connectivity index (χ1) is 10.1. The van der Waals surface area contributed by atoms with Gasteiger partial charge in [-0.05, 0) is 6.07 Å². The maximum atomic E-state index is 11.8. The van der Waals surface area contributed by atoms with E-state index < -0.39 is 10.8 Å². The summed E-state index contributed by atoms with van der Waals surface area (Å²) in [6.45, 7) is 0. The first kappa shape index (κ1) is 13.5. The fourth-order valence-corrected chi connectivity index (χ4v) is 3.21. The van der Waals surface area contributed by atoms with Crippen LogP contribution in [0.1, 0.15) is 11.1 Å². The van der Waals surface area contributed by atoms with Gasteiger partial charge >= 0.3 is 5.97 Å². The SMILES string of the molecule is O=C(O)C1(c2ccccc2O)NN=C(c2ccccc2)S1. The molecule has 1 unspecified atom stereocenters. The molecule has 2 aromatic carbocycles. The van der Waals surface area contributed by atoms with E-state index in [0.29, 0.717) is 5.04 Å². The number of benzene rings is 2. The molecule has 3 rings (SSSR count). The van der Waals surface area contributed by atoms with Crippen molar-refractivity contribution in [3.05, 3.63) is 65.7 Å². The van der Waals surface area contributed by atoms with E-state index in [-0.39, 0.29) is 11.3 Å². The monoisotopic (exact) mass is 300 g/mol.